The minimum absolute atomic E-state index is 0.142. The summed E-state index contributed by atoms with van der Waals surface area (Å²) in [5.74, 6) is -0.450. The van der Waals surface area contributed by atoms with Crippen molar-refractivity contribution in [1.82, 2.24) is 9.38 Å². The number of hydrogen-bond acceptors (Lipinski definition) is 2. The number of carbonyl (C=O) groups is 1. The molecule has 26 heavy (non-hydrogen) atoms. The van der Waals surface area contributed by atoms with Gasteiger partial charge in [0.05, 0.1) is 12.1 Å². The standard InChI is InChI=1S/C21H16FN3O/c22-17-8-4-15(5-9-17)13-21(26)23-18-10-6-16(7-11-18)19-14-25-12-2-1-3-20(25)24-19/h1-12,14H,13H2,(H,23,26). The topological polar surface area (TPSA) is 46.4 Å². The fraction of sp³-hybridized carbons (Fsp3) is 0.0476. The first-order valence-corrected chi connectivity index (χ1v) is 8.26. The molecule has 4 rings (SSSR count). The number of halogens is 1. The number of amides is 1. The Kier molecular flexibility index (Phi) is 4.19. The average Bonchev–Trinajstić information content (AvgIpc) is 3.08. The van der Waals surface area contributed by atoms with E-state index < -0.39 is 0 Å². The zero-order valence-corrected chi connectivity index (χ0v) is 13.9. The van der Waals surface area contributed by atoms with E-state index in [4.69, 9.17) is 0 Å². The second kappa shape index (κ2) is 6.80. The van der Waals surface area contributed by atoms with Crippen LogP contribution in [0.15, 0.2) is 79.1 Å². The van der Waals surface area contributed by atoms with Crippen molar-refractivity contribution in [2.75, 3.05) is 5.32 Å². The Morgan fingerprint density at radius 2 is 1.77 bits per heavy atom. The minimum atomic E-state index is -0.309. The summed E-state index contributed by atoms with van der Waals surface area (Å²) < 4.78 is 14.9. The van der Waals surface area contributed by atoms with E-state index in [0.717, 1.165) is 22.5 Å². The van der Waals surface area contributed by atoms with Crippen LogP contribution in [0, 0.1) is 5.82 Å². The van der Waals surface area contributed by atoms with Gasteiger partial charge >= 0.3 is 0 Å². The lowest BCUT2D eigenvalue weighted by Crippen LogP contribution is -2.14. The van der Waals surface area contributed by atoms with Gasteiger partial charge in [-0.05, 0) is 42.0 Å². The summed E-state index contributed by atoms with van der Waals surface area (Å²) >= 11 is 0. The molecule has 0 aliphatic heterocycles. The predicted octanol–water partition coefficient (Wildman–Crippen LogP) is 4.32. The highest BCUT2D eigenvalue weighted by atomic mass is 19.1. The van der Waals surface area contributed by atoms with Crippen molar-refractivity contribution in [1.29, 1.82) is 0 Å². The maximum Gasteiger partial charge on any atom is 0.228 e. The van der Waals surface area contributed by atoms with E-state index >= 15 is 0 Å². The van der Waals surface area contributed by atoms with Crippen LogP contribution in [-0.4, -0.2) is 15.3 Å². The SMILES string of the molecule is O=C(Cc1ccc(F)cc1)Nc1ccc(-c2cn3ccccc3n2)cc1. The van der Waals surface area contributed by atoms with Crippen molar-refractivity contribution >= 4 is 17.2 Å². The molecule has 0 aliphatic carbocycles. The first-order chi connectivity index (χ1) is 12.7. The molecule has 1 N–H and O–H groups in total. The lowest BCUT2D eigenvalue weighted by Gasteiger charge is -2.06. The zero-order valence-electron chi connectivity index (χ0n) is 13.9. The van der Waals surface area contributed by atoms with Gasteiger partial charge in [-0.15, -0.1) is 0 Å². The highest BCUT2D eigenvalue weighted by Crippen LogP contribution is 2.21. The molecule has 0 atom stereocenters. The van der Waals surface area contributed by atoms with Crippen molar-refractivity contribution in [2.45, 2.75) is 6.42 Å². The van der Waals surface area contributed by atoms with Crippen LogP contribution in [0.5, 0.6) is 0 Å². The van der Waals surface area contributed by atoms with Crippen molar-refractivity contribution in [3.8, 4) is 11.3 Å². The molecule has 2 aromatic carbocycles. The third-order valence-electron chi connectivity index (χ3n) is 4.11. The van der Waals surface area contributed by atoms with Crippen LogP contribution in [0.3, 0.4) is 0 Å². The molecule has 0 saturated heterocycles. The van der Waals surface area contributed by atoms with E-state index in [9.17, 15) is 9.18 Å². The summed E-state index contributed by atoms with van der Waals surface area (Å²) in [6, 6.07) is 19.3. The van der Waals surface area contributed by atoms with Gasteiger partial charge in [-0.1, -0.05) is 30.3 Å². The summed E-state index contributed by atoms with van der Waals surface area (Å²) in [5.41, 5.74) is 4.22. The fourth-order valence-corrected chi connectivity index (χ4v) is 2.79. The maximum absolute atomic E-state index is 12.9. The third-order valence-corrected chi connectivity index (χ3v) is 4.11. The Morgan fingerprint density at radius 3 is 2.50 bits per heavy atom. The number of carbonyl (C=O) groups excluding carboxylic acids is 1. The number of rotatable bonds is 4. The summed E-state index contributed by atoms with van der Waals surface area (Å²) in [4.78, 5) is 16.7. The highest BCUT2D eigenvalue weighted by Gasteiger charge is 2.07. The van der Waals surface area contributed by atoms with Gasteiger partial charge in [0.15, 0.2) is 0 Å². The molecule has 0 bridgehead atoms. The number of nitrogens with one attached hydrogen (secondary N) is 1. The third kappa shape index (κ3) is 3.47. The molecule has 0 radical (unpaired) electrons. The number of pyridine rings is 1. The Morgan fingerprint density at radius 1 is 1.00 bits per heavy atom. The van der Waals surface area contributed by atoms with E-state index in [1.165, 1.54) is 12.1 Å². The number of fused-ring (bicyclic) bond motifs is 1. The molecule has 0 unspecified atom stereocenters. The monoisotopic (exact) mass is 345 g/mol. The van der Waals surface area contributed by atoms with Crippen LogP contribution in [0.2, 0.25) is 0 Å². The van der Waals surface area contributed by atoms with Gasteiger partial charge in [-0.3, -0.25) is 4.79 Å². The smallest absolute Gasteiger partial charge is 0.228 e. The molecule has 128 valence electrons. The summed E-state index contributed by atoms with van der Waals surface area (Å²) in [6.45, 7) is 0. The first-order valence-electron chi connectivity index (χ1n) is 8.26. The Bertz CT molecular complexity index is 1020. The van der Waals surface area contributed by atoms with Gasteiger partial charge < -0.3 is 9.72 Å². The molecule has 4 nitrogen and oxygen atoms in total. The van der Waals surface area contributed by atoms with E-state index in [-0.39, 0.29) is 18.1 Å². The van der Waals surface area contributed by atoms with Crippen molar-refractivity contribution in [3.63, 3.8) is 0 Å². The number of benzene rings is 2. The summed E-state index contributed by atoms with van der Waals surface area (Å²) in [6.07, 6.45) is 4.13. The average molecular weight is 345 g/mol. The molecule has 0 aliphatic rings. The van der Waals surface area contributed by atoms with Crippen LogP contribution in [0.4, 0.5) is 10.1 Å². The maximum atomic E-state index is 12.9. The van der Waals surface area contributed by atoms with Crippen LogP contribution >= 0.6 is 0 Å². The van der Waals surface area contributed by atoms with Gasteiger partial charge in [0.2, 0.25) is 5.91 Å². The molecule has 0 spiro atoms. The van der Waals surface area contributed by atoms with Gasteiger partial charge in [0.1, 0.15) is 11.5 Å². The number of imidazole rings is 1. The van der Waals surface area contributed by atoms with Crippen LogP contribution in [0.25, 0.3) is 16.9 Å². The Hall–Kier alpha value is -3.47. The molecule has 2 heterocycles. The summed E-state index contributed by atoms with van der Waals surface area (Å²) in [7, 11) is 0. The Labute approximate surface area is 149 Å². The number of nitrogens with zero attached hydrogens (tertiary/aromatic N) is 2. The molecular formula is C21H16FN3O. The van der Waals surface area contributed by atoms with E-state index in [0.29, 0.717) is 5.69 Å². The van der Waals surface area contributed by atoms with Crippen molar-refractivity contribution in [2.24, 2.45) is 0 Å². The Balaban J connectivity index is 1.45. The number of aromatic nitrogens is 2. The normalized spacial score (nSPS) is 10.8. The van der Waals surface area contributed by atoms with Gasteiger partial charge in [0.25, 0.3) is 0 Å². The van der Waals surface area contributed by atoms with Gasteiger partial charge in [-0.2, -0.15) is 0 Å². The quantitative estimate of drug-likeness (QED) is 0.599. The highest BCUT2D eigenvalue weighted by molar-refractivity contribution is 5.92. The number of hydrogen-bond donors (Lipinski definition) is 1. The molecule has 2 aromatic heterocycles. The second-order valence-electron chi connectivity index (χ2n) is 6.02. The van der Waals surface area contributed by atoms with Crippen molar-refractivity contribution < 1.29 is 9.18 Å². The van der Waals surface area contributed by atoms with Crippen LogP contribution < -0.4 is 5.32 Å². The van der Waals surface area contributed by atoms with Crippen molar-refractivity contribution in [3.05, 3.63) is 90.5 Å². The van der Waals surface area contributed by atoms with Crippen LogP contribution in [0.1, 0.15) is 5.56 Å². The lowest BCUT2D eigenvalue weighted by molar-refractivity contribution is -0.115. The lowest BCUT2D eigenvalue weighted by atomic mass is 10.1. The molecule has 5 heteroatoms. The number of anilines is 1. The minimum Gasteiger partial charge on any atom is -0.326 e. The molecular weight excluding hydrogens is 329 g/mol. The van der Waals surface area contributed by atoms with Crippen LogP contribution in [-0.2, 0) is 11.2 Å². The fourth-order valence-electron chi connectivity index (χ4n) is 2.79. The van der Waals surface area contributed by atoms with E-state index in [1.807, 2.05) is 59.3 Å². The zero-order chi connectivity index (χ0) is 17.9. The van der Waals surface area contributed by atoms with E-state index in [2.05, 4.69) is 10.3 Å². The largest absolute Gasteiger partial charge is 0.326 e. The van der Waals surface area contributed by atoms with Gasteiger partial charge in [-0.25, -0.2) is 9.37 Å². The first kappa shape index (κ1) is 16.0. The summed E-state index contributed by atoms with van der Waals surface area (Å²) in [5, 5.41) is 2.85. The molecule has 0 saturated carbocycles. The van der Waals surface area contributed by atoms with E-state index in [1.54, 1.807) is 12.1 Å². The molecule has 1 amide bonds. The second-order valence-corrected chi connectivity index (χ2v) is 6.02. The molecule has 4 aromatic rings. The molecule has 0 fully saturated rings. The predicted molar refractivity (Wildman–Crippen MR) is 99.4 cm³/mol. The van der Waals surface area contributed by atoms with Gasteiger partial charge in [0, 0.05) is 23.6 Å².